The summed E-state index contributed by atoms with van der Waals surface area (Å²) in [6.07, 6.45) is -5.14. The van der Waals surface area contributed by atoms with E-state index in [1.807, 2.05) is 91.0 Å². The molecule has 3 N–H and O–H groups in total. The monoisotopic (exact) mass is 652 g/mol. The van der Waals surface area contributed by atoms with Crippen molar-refractivity contribution >= 4 is 30.9 Å². The Morgan fingerprint density at radius 2 is 1.30 bits per heavy atom. The highest BCUT2D eigenvalue weighted by Crippen LogP contribution is 2.45. The van der Waals surface area contributed by atoms with Crippen LogP contribution in [0.15, 0.2) is 91.0 Å². The van der Waals surface area contributed by atoms with Gasteiger partial charge in [-0.1, -0.05) is 91.0 Å². The first kappa shape index (κ1) is 34.0. The summed E-state index contributed by atoms with van der Waals surface area (Å²) in [6, 6.07) is 28.7. The lowest BCUT2D eigenvalue weighted by Crippen LogP contribution is -2.64. The summed E-state index contributed by atoms with van der Waals surface area (Å²) in [5.74, 6) is 0.155. The Labute approximate surface area is 263 Å². The fraction of sp³-hybridized carbons (Fsp3) is 0.419. The summed E-state index contributed by atoms with van der Waals surface area (Å²) >= 11 is 12.0. The van der Waals surface area contributed by atoms with Gasteiger partial charge in [-0.05, 0) is 16.7 Å². The fourth-order valence-electron chi connectivity index (χ4n) is 4.84. The van der Waals surface area contributed by atoms with Crippen LogP contribution in [0.4, 0.5) is 0 Å². The van der Waals surface area contributed by atoms with Gasteiger partial charge in [0, 0.05) is 24.8 Å². The number of hydrogen-bond acceptors (Lipinski definition) is 6. The van der Waals surface area contributed by atoms with E-state index in [1.165, 1.54) is 4.67 Å². The SMILES string of the molecule is O=P(O)(NCCCl)N(CCCl)C1O[C@H](COCc2ccccc2)[C@@H](O)[C@H](OCc2ccccc2)[C@H]1OCc1ccccc1. The summed E-state index contributed by atoms with van der Waals surface area (Å²) in [4.78, 5) is 11.1. The predicted octanol–water partition coefficient (Wildman–Crippen LogP) is 4.93. The molecule has 43 heavy (non-hydrogen) atoms. The number of aliphatic hydroxyl groups is 1. The average molecular weight is 654 g/mol. The molecule has 1 aliphatic heterocycles. The molecular weight excluding hydrogens is 614 g/mol. The highest BCUT2D eigenvalue weighted by atomic mass is 35.5. The Morgan fingerprint density at radius 1 is 0.791 bits per heavy atom. The third-order valence-electron chi connectivity index (χ3n) is 6.97. The standard InChI is InChI=1S/C31H39Cl2N2O7P/c32-16-18-34-43(37,38)35(19-17-33)31-30(41-22-26-14-8-3-9-15-26)29(40-21-25-12-6-2-7-13-25)28(36)27(42-31)23-39-20-24-10-4-1-5-11-24/h1-15,27-31,36H,16-23H2,(H2,34,37,38)/t27-,28-,29+,30-,31?/m1/s1. The topological polar surface area (TPSA) is 110 Å². The second-order valence-electron chi connectivity index (χ2n) is 10.1. The molecule has 0 radical (unpaired) electrons. The van der Waals surface area contributed by atoms with Gasteiger partial charge in [-0.25, -0.2) is 5.09 Å². The van der Waals surface area contributed by atoms with Gasteiger partial charge in [0.2, 0.25) is 0 Å². The lowest BCUT2D eigenvalue weighted by atomic mass is 9.97. The number of halogens is 2. The summed E-state index contributed by atoms with van der Waals surface area (Å²) in [7, 11) is -4.23. The molecule has 0 aromatic heterocycles. The van der Waals surface area contributed by atoms with E-state index in [1.54, 1.807) is 0 Å². The number of alkyl halides is 2. The molecule has 3 aromatic carbocycles. The van der Waals surface area contributed by atoms with Gasteiger partial charge in [-0.2, -0.15) is 4.67 Å². The van der Waals surface area contributed by atoms with Gasteiger partial charge in [0.05, 0.1) is 26.4 Å². The Hall–Kier alpha value is -1.85. The number of hydrogen-bond donors (Lipinski definition) is 3. The van der Waals surface area contributed by atoms with Crippen LogP contribution in [-0.4, -0.2) is 76.8 Å². The van der Waals surface area contributed by atoms with Gasteiger partial charge in [0.15, 0.2) is 0 Å². The fourth-order valence-corrected chi connectivity index (χ4v) is 6.81. The van der Waals surface area contributed by atoms with Crippen molar-refractivity contribution in [2.24, 2.45) is 0 Å². The quantitative estimate of drug-likeness (QED) is 0.138. The van der Waals surface area contributed by atoms with Crippen molar-refractivity contribution in [2.45, 2.75) is 50.5 Å². The van der Waals surface area contributed by atoms with E-state index in [-0.39, 0.29) is 44.7 Å². The van der Waals surface area contributed by atoms with Crippen LogP contribution >= 0.6 is 30.9 Å². The van der Waals surface area contributed by atoms with Crippen LogP contribution in [0.25, 0.3) is 0 Å². The highest BCUT2D eigenvalue weighted by Gasteiger charge is 2.52. The van der Waals surface area contributed by atoms with Crippen molar-refractivity contribution < 1.29 is 33.5 Å². The predicted molar refractivity (Wildman–Crippen MR) is 167 cm³/mol. The van der Waals surface area contributed by atoms with E-state index in [9.17, 15) is 14.6 Å². The zero-order valence-electron chi connectivity index (χ0n) is 23.8. The van der Waals surface area contributed by atoms with E-state index in [0.29, 0.717) is 6.61 Å². The minimum Gasteiger partial charge on any atom is -0.387 e. The van der Waals surface area contributed by atoms with Crippen molar-refractivity contribution in [2.75, 3.05) is 31.5 Å². The van der Waals surface area contributed by atoms with Gasteiger partial charge < -0.3 is 28.9 Å². The number of nitrogens with one attached hydrogen (secondary N) is 1. The molecule has 1 aliphatic rings. The van der Waals surface area contributed by atoms with E-state index < -0.39 is 38.3 Å². The number of ether oxygens (including phenoxy) is 4. The Kier molecular flexibility index (Phi) is 13.9. The minimum atomic E-state index is -4.23. The Morgan fingerprint density at radius 3 is 1.81 bits per heavy atom. The first-order valence-corrected chi connectivity index (χ1v) is 16.8. The van der Waals surface area contributed by atoms with Crippen molar-refractivity contribution in [1.82, 2.24) is 9.76 Å². The molecule has 0 aliphatic carbocycles. The number of aliphatic hydroxyl groups excluding tert-OH is 1. The average Bonchev–Trinajstić information content (AvgIpc) is 3.03. The van der Waals surface area contributed by atoms with Gasteiger partial charge in [0.1, 0.15) is 30.6 Å². The highest BCUT2D eigenvalue weighted by molar-refractivity contribution is 7.53. The molecule has 234 valence electrons. The number of benzene rings is 3. The molecule has 1 heterocycles. The smallest absolute Gasteiger partial charge is 0.343 e. The third-order valence-corrected chi connectivity index (χ3v) is 9.09. The van der Waals surface area contributed by atoms with Gasteiger partial charge in [-0.3, -0.25) is 4.57 Å². The van der Waals surface area contributed by atoms with Crippen LogP contribution in [0.1, 0.15) is 16.7 Å². The zero-order chi connectivity index (χ0) is 30.5. The minimum absolute atomic E-state index is 0.00270. The largest absolute Gasteiger partial charge is 0.387 e. The molecule has 3 aromatic rings. The summed E-state index contributed by atoms with van der Waals surface area (Å²) in [5, 5.41) is 14.3. The third kappa shape index (κ3) is 10.1. The van der Waals surface area contributed by atoms with E-state index in [2.05, 4.69) is 5.09 Å². The second-order valence-corrected chi connectivity index (χ2v) is 12.7. The van der Waals surface area contributed by atoms with E-state index >= 15 is 0 Å². The van der Waals surface area contributed by atoms with Crippen LogP contribution in [-0.2, 0) is 43.3 Å². The Balaban J connectivity index is 1.65. The van der Waals surface area contributed by atoms with Crippen LogP contribution in [0.3, 0.4) is 0 Å². The van der Waals surface area contributed by atoms with Crippen molar-refractivity contribution in [3.05, 3.63) is 108 Å². The zero-order valence-corrected chi connectivity index (χ0v) is 26.2. The number of rotatable bonds is 17. The molecule has 2 unspecified atom stereocenters. The Bertz CT molecular complexity index is 1250. The van der Waals surface area contributed by atoms with Crippen LogP contribution in [0.5, 0.6) is 0 Å². The molecular formula is C31H39Cl2N2O7P. The molecule has 1 saturated heterocycles. The molecule has 12 heteroatoms. The van der Waals surface area contributed by atoms with E-state index in [4.69, 9.17) is 42.1 Å². The summed E-state index contributed by atoms with van der Waals surface area (Å²) < 4.78 is 39.9. The normalized spacial score (nSPS) is 23.7. The molecule has 1 fully saturated rings. The lowest BCUT2D eigenvalue weighted by Gasteiger charge is -2.48. The van der Waals surface area contributed by atoms with Gasteiger partial charge in [-0.15, -0.1) is 23.2 Å². The van der Waals surface area contributed by atoms with Gasteiger partial charge >= 0.3 is 7.67 Å². The maximum Gasteiger partial charge on any atom is 0.343 e. The number of nitrogens with zero attached hydrogens (tertiary/aromatic N) is 1. The molecule has 6 atom stereocenters. The summed E-state index contributed by atoms with van der Waals surface area (Å²) in [5.41, 5.74) is 2.73. The molecule has 0 amide bonds. The van der Waals surface area contributed by atoms with E-state index in [0.717, 1.165) is 16.7 Å². The van der Waals surface area contributed by atoms with Crippen LogP contribution in [0, 0.1) is 0 Å². The lowest BCUT2D eigenvalue weighted by molar-refractivity contribution is -0.281. The van der Waals surface area contributed by atoms with Crippen LogP contribution < -0.4 is 5.09 Å². The summed E-state index contributed by atoms with van der Waals surface area (Å²) in [6.45, 7) is 0.689. The maximum atomic E-state index is 13.6. The van der Waals surface area contributed by atoms with Crippen molar-refractivity contribution in [1.29, 1.82) is 0 Å². The molecule has 0 spiro atoms. The second kappa shape index (κ2) is 17.6. The molecule has 0 bridgehead atoms. The van der Waals surface area contributed by atoms with Gasteiger partial charge in [0.25, 0.3) is 0 Å². The van der Waals surface area contributed by atoms with Crippen molar-refractivity contribution in [3.8, 4) is 0 Å². The maximum absolute atomic E-state index is 13.6. The van der Waals surface area contributed by atoms with Crippen molar-refractivity contribution in [3.63, 3.8) is 0 Å². The first-order chi connectivity index (χ1) is 20.9. The molecule has 9 nitrogen and oxygen atoms in total. The molecule has 4 rings (SSSR count). The first-order valence-electron chi connectivity index (χ1n) is 14.2. The molecule has 0 saturated carbocycles. The van der Waals surface area contributed by atoms with Crippen LogP contribution in [0.2, 0.25) is 0 Å².